The van der Waals surface area contributed by atoms with E-state index in [0.29, 0.717) is 13.0 Å². The van der Waals surface area contributed by atoms with Crippen LogP contribution in [0.5, 0.6) is 0 Å². The fraction of sp³-hybridized carbons (Fsp3) is 0.500. The molecule has 1 atom stereocenters. The summed E-state index contributed by atoms with van der Waals surface area (Å²) in [4.78, 5) is 11.6. The van der Waals surface area contributed by atoms with E-state index in [2.05, 4.69) is 0 Å². The summed E-state index contributed by atoms with van der Waals surface area (Å²) >= 11 is 0. The van der Waals surface area contributed by atoms with E-state index in [0.717, 1.165) is 23.3 Å². The minimum atomic E-state index is 0.183. The molecule has 1 aliphatic rings. The van der Waals surface area contributed by atoms with Gasteiger partial charge in [0, 0.05) is 12.8 Å². The summed E-state index contributed by atoms with van der Waals surface area (Å²) in [5.74, 6) is 1.28. The highest BCUT2D eigenvalue weighted by atomic mass is 16.3. The van der Waals surface area contributed by atoms with Crippen LogP contribution in [-0.2, 0) is 6.42 Å². The molecule has 0 radical (unpaired) electrons. The third-order valence-electron chi connectivity index (χ3n) is 2.61. The van der Waals surface area contributed by atoms with E-state index in [1.54, 1.807) is 6.26 Å². The minimum absolute atomic E-state index is 0.183. The Bertz CT molecular complexity index is 341. The minimum Gasteiger partial charge on any atom is -0.468 e. The summed E-state index contributed by atoms with van der Waals surface area (Å²) in [5.41, 5.74) is 7.29. The Labute approximate surface area is 76.9 Å². The SMILES string of the molecule is Cc1coc2c1C(=O)CC(CN)C2. The van der Waals surface area contributed by atoms with E-state index in [1.807, 2.05) is 6.92 Å². The lowest BCUT2D eigenvalue weighted by Gasteiger charge is -2.18. The lowest BCUT2D eigenvalue weighted by Crippen LogP contribution is -2.25. The van der Waals surface area contributed by atoms with Crippen LogP contribution in [0, 0.1) is 12.8 Å². The Morgan fingerprint density at radius 3 is 3.08 bits per heavy atom. The number of fused-ring (bicyclic) bond motifs is 1. The fourth-order valence-corrected chi connectivity index (χ4v) is 1.89. The smallest absolute Gasteiger partial charge is 0.166 e. The number of carbonyl (C=O) groups is 1. The Kier molecular flexibility index (Phi) is 1.96. The van der Waals surface area contributed by atoms with Gasteiger partial charge >= 0.3 is 0 Å². The van der Waals surface area contributed by atoms with Crippen molar-refractivity contribution < 1.29 is 9.21 Å². The van der Waals surface area contributed by atoms with E-state index in [1.165, 1.54) is 0 Å². The van der Waals surface area contributed by atoms with Crippen LogP contribution in [0.4, 0.5) is 0 Å². The Hall–Kier alpha value is -1.09. The van der Waals surface area contributed by atoms with Gasteiger partial charge in [-0.1, -0.05) is 0 Å². The number of rotatable bonds is 1. The van der Waals surface area contributed by atoms with Gasteiger partial charge in [-0.05, 0) is 24.9 Å². The maximum absolute atomic E-state index is 11.6. The number of ketones is 1. The molecule has 0 amide bonds. The number of hydrogen-bond donors (Lipinski definition) is 1. The van der Waals surface area contributed by atoms with Gasteiger partial charge in [0.2, 0.25) is 0 Å². The highest BCUT2D eigenvalue weighted by Gasteiger charge is 2.28. The lowest BCUT2D eigenvalue weighted by atomic mass is 9.86. The van der Waals surface area contributed by atoms with Crippen molar-refractivity contribution in [1.82, 2.24) is 0 Å². The first-order valence-corrected chi connectivity index (χ1v) is 4.52. The monoisotopic (exact) mass is 179 g/mol. The van der Waals surface area contributed by atoms with Gasteiger partial charge in [0.15, 0.2) is 5.78 Å². The Morgan fingerprint density at radius 1 is 1.62 bits per heavy atom. The molecule has 0 bridgehead atoms. The van der Waals surface area contributed by atoms with Crippen LogP contribution in [0.3, 0.4) is 0 Å². The molecule has 1 aromatic heterocycles. The average molecular weight is 179 g/mol. The second-order valence-electron chi connectivity index (χ2n) is 3.65. The molecule has 0 saturated carbocycles. The quantitative estimate of drug-likeness (QED) is 0.706. The highest BCUT2D eigenvalue weighted by Crippen LogP contribution is 2.28. The molecule has 0 spiro atoms. The number of hydrogen-bond acceptors (Lipinski definition) is 3. The van der Waals surface area contributed by atoms with Crippen LogP contribution in [0.1, 0.15) is 28.1 Å². The molecule has 1 aromatic rings. The van der Waals surface area contributed by atoms with Crippen molar-refractivity contribution in [3.63, 3.8) is 0 Å². The molecule has 70 valence electrons. The third kappa shape index (κ3) is 1.29. The molecule has 2 N–H and O–H groups in total. The number of furan rings is 1. The van der Waals surface area contributed by atoms with Crippen molar-refractivity contribution in [2.24, 2.45) is 11.7 Å². The molecule has 13 heavy (non-hydrogen) atoms. The maximum Gasteiger partial charge on any atom is 0.166 e. The molecule has 1 aliphatic carbocycles. The number of nitrogens with two attached hydrogens (primary N) is 1. The first kappa shape index (κ1) is 8.51. The summed E-state index contributed by atoms with van der Waals surface area (Å²) in [6.45, 7) is 2.47. The summed E-state index contributed by atoms with van der Waals surface area (Å²) in [7, 11) is 0. The van der Waals surface area contributed by atoms with Crippen LogP contribution in [0.2, 0.25) is 0 Å². The van der Waals surface area contributed by atoms with E-state index < -0.39 is 0 Å². The Morgan fingerprint density at radius 2 is 2.38 bits per heavy atom. The molecule has 0 aromatic carbocycles. The van der Waals surface area contributed by atoms with E-state index >= 15 is 0 Å². The van der Waals surface area contributed by atoms with Crippen LogP contribution < -0.4 is 5.73 Å². The average Bonchev–Trinajstić information content (AvgIpc) is 2.48. The first-order chi connectivity index (χ1) is 6.22. The van der Waals surface area contributed by atoms with Gasteiger partial charge in [0.1, 0.15) is 5.76 Å². The molecule has 2 rings (SSSR count). The zero-order valence-electron chi connectivity index (χ0n) is 7.67. The van der Waals surface area contributed by atoms with Crippen molar-refractivity contribution in [1.29, 1.82) is 0 Å². The molecule has 0 fully saturated rings. The summed E-state index contributed by atoms with van der Waals surface area (Å²) in [5, 5.41) is 0. The standard InChI is InChI=1S/C10H13NO2/c1-6-5-13-9-3-7(4-11)2-8(12)10(6)9/h5,7H,2-4,11H2,1H3. The van der Waals surface area contributed by atoms with Gasteiger partial charge in [0.25, 0.3) is 0 Å². The lowest BCUT2D eigenvalue weighted by molar-refractivity contribution is 0.0945. The topological polar surface area (TPSA) is 56.2 Å². The summed E-state index contributed by atoms with van der Waals surface area (Å²) < 4.78 is 5.31. The number of Topliss-reactive ketones (excluding diaryl/α,β-unsaturated/α-hetero) is 1. The van der Waals surface area contributed by atoms with Crippen molar-refractivity contribution >= 4 is 5.78 Å². The van der Waals surface area contributed by atoms with Crippen molar-refractivity contribution in [3.8, 4) is 0 Å². The van der Waals surface area contributed by atoms with Crippen LogP contribution >= 0.6 is 0 Å². The molecular formula is C10H13NO2. The summed E-state index contributed by atoms with van der Waals surface area (Å²) in [6, 6.07) is 0. The first-order valence-electron chi connectivity index (χ1n) is 4.52. The van der Waals surface area contributed by atoms with E-state index in [4.69, 9.17) is 10.2 Å². The zero-order valence-corrected chi connectivity index (χ0v) is 7.67. The van der Waals surface area contributed by atoms with Crippen LogP contribution in [0.25, 0.3) is 0 Å². The van der Waals surface area contributed by atoms with Crippen molar-refractivity contribution in [2.75, 3.05) is 6.54 Å². The van der Waals surface area contributed by atoms with Crippen molar-refractivity contribution in [3.05, 3.63) is 23.2 Å². The normalized spacial score (nSPS) is 21.7. The number of aryl methyl sites for hydroxylation is 1. The van der Waals surface area contributed by atoms with Gasteiger partial charge in [-0.3, -0.25) is 4.79 Å². The molecule has 1 heterocycles. The largest absolute Gasteiger partial charge is 0.468 e. The molecular weight excluding hydrogens is 166 g/mol. The third-order valence-corrected chi connectivity index (χ3v) is 2.61. The zero-order chi connectivity index (χ0) is 9.42. The van der Waals surface area contributed by atoms with Gasteiger partial charge in [0.05, 0.1) is 11.8 Å². The second kappa shape index (κ2) is 3.00. The van der Waals surface area contributed by atoms with Crippen LogP contribution in [0.15, 0.2) is 10.7 Å². The highest BCUT2D eigenvalue weighted by molar-refractivity contribution is 5.99. The Balaban J connectivity index is 2.39. The van der Waals surface area contributed by atoms with Crippen molar-refractivity contribution in [2.45, 2.75) is 19.8 Å². The van der Waals surface area contributed by atoms with Gasteiger partial charge in [-0.25, -0.2) is 0 Å². The van der Waals surface area contributed by atoms with E-state index in [9.17, 15) is 4.79 Å². The number of carbonyl (C=O) groups excluding carboxylic acids is 1. The molecule has 0 saturated heterocycles. The van der Waals surface area contributed by atoms with Crippen LogP contribution in [-0.4, -0.2) is 12.3 Å². The molecule has 0 aliphatic heterocycles. The van der Waals surface area contributed by atoms with Gasteiger partial charge in [-0.2, -0.15) is 0 Å². The maximum atomic E-state index is 11.6. The van der Waals surface area contributed by atoms with Gasteiger partial charge in [-0.15, -0.1) is 0 Å². The molecule has 1 unspecified atom stereocenters. The molecule has 3 heteroatoms. The van der Waals surface area contributed by atoms with E-state index in [-0.39, 0.29) is 11.7 Å². The summed E-state index contributed by atoms with van der Waals surface area (Å²) in [6.07, 6.45) is 3.04. The predicted molar refractivity (Wildman–Crippen MR) is 48.6 cm³/mol. The van der Waals surface area contributed by atoms with Gasteiger partial charge < -0.3 is 10.2 Å². The fourth-order valence-electron chi connectivity index (χ4n) is 1.89. The molecule has 3 nitrogen and oxygen atoms in total. The predicted octanol–water partition coefficient (Wildman–Crippen LogP) is 1.29. The second-order valence-corrected chi connectivity index (χ2v) is 3.65.